The minimum Gasteiger partial charge on any atom is -0.389 e. The largest absolute Gasteiger partial charge is 0.389 e. The van der Waals surface area contributed by atoms with Crippen LogP contribution in [-0.2, 0) is 0 Å². The van der Waals surface area contributed by atoms with Crippen LogP contribution in [-0.4, -0.2) is 35.1 Å². The zero-order valence-electron chi connectivity index (χ0n) is 10.00. The topological polar surface area (TPSA) is 40.5 Å². The summed E-state index contributed by atoms with van der Waals surface area (Å²) in [6.45, 7) is 3.53. The van der Waals surface area contributed by atoms with Gasteiger partial charge in [-0.15, -0.1) is 0 Å². The van der Waals surface area contributed by atoms with Crippen LogP contribution in [0.3, 0.4) is 0 Å². The van der Waals surface area contributed by atoms with E-state index >= 15 is 0 Å². The average Bonchev–Trinajstić information content (AvgIpc) is 2.18. The number of hydrogen-bond donors (Lipinski definition) is 1. The molecule has 0 aliphatic carbocycles. The number of hydrogen-bond acceptors (Lipinski definition) is 2. The monoisotopic (exact) mass is 275 g/mol. The van der Waals surface area contributed by atoms with Gasteiger partial charge < -0.3 is 10.0 Å². The summed E-state index contributed by atoms with van der Waals surface area (Å²) in [6.07, 6.45) is 0. The van der Waals surface area contributed by atoms with Crippen LogP contribution in [0.5, 0.6) is 0 Å². The van der Waals surface area contributed by atoms with Crippen molar-refractivity contribution in [3.8, 4) is 0 Å². The number of rotatable bonds is 3. The molecule has 0 unspecified atom stereocenters. The quantitative estimate of drug-likeness (QED) is 0.922. The van der Waals surface area contributed by atoms with Crippen LogP contribution in [0.2, 0.25) is 10.0 Å². The molecule has 0 aromatic heterocycles. The van der Waals surface area contributed by atoms with Gasteiger partial charge in [0.2, 0.25) is 0 Å². The number of nitrogens with zero attached hydrogens (tertiary/aromatic N) is 1. The minimum atomic E-state index is -0.930. The van der Waals surface area contributed by atoms with E-state index in [1.165, 1.54) is 11.0 Å². The van der Waals surface area contributed by atoms with Crippen molar-refractivity contribution in [3.63, 3.8) is 0 Å². The summed E-state index contributed by atoms with van der Waals surface area (Å²) in [4.78, 5) is 13.4. The molecule has 3 nitrogen and oxygen atoms in total. The van der Waals surface area contributed by atoms with Crippen molar-refractivity contribution in [2.24, 2.45) is 0 Å². The van der Waals surface area contributed by atoms with E-state index in [0.29, 0.717) is 15.6 Å². The zero-order valence-corrected chi connectivity index (χ0v) is 11.5. The summed E-state index contributed by atoms with van der Waals surface area (Å²) in [7, 11) is 1.63. The Morgan fingerprint density at radius 2 is 1.94 bits per heavy atom. The van der Waals surface area contributed by atoms with E-state index in [9.17, 15) is 9.90 Å². The maximum atomic E-state index is 12.0. The molecule has 1 amide bonds. The highest BCUT2D eigenvalue weighted by atomic mass is 35.5. The van der Waals surface area contributed by atoms with Gasteiger partial charge in [-0.3, -0.25) is 4.79 Å². The summed E-state index contributed by atoms with van der Waals surface area (Å²) in [5.74, 6) is -0.203. The molecule has 0 saturated carbocycles. The minimum absolute atomic E-state index is 0.203. The fourth-order valence-electron chi connectivity index (χ4n) is 1.50. The Bertz CT molecular complexity index is 427. The standard InChI is InChI=1S/C12H15Cl2NO2/c1-12(2,17)7-15(3)11(16)8-4-5-9(13)10(14)6-8/h4-6,17H,7H2,1-3H3. The van der Waals surface area contributed by atoms with Crippen LogP contribution in [0.15, 0.2) is 18.2 Å². The van der Waals surface area contributed by atoms with Crippen LogP contribution >= 0.6 is 23.2 Å². The highest BCUT2D eigenvalue weighted by Crippen LogP contribution is 2.23. The van der Waals surface area contributed by atoms with Gasteiger partial charge in [-0.2, -0.15) is 0 Å². The van der Waals surface area contributed by atoms with Crippen molar-refractivity contribution in [3.05, 3.63) is 33.8 Å². The molecule has 0 saturated heterocycles. The van der Waals surface area contributed by atoms with Gasteiger partial charge in [-0.1, -0.05) is 23.2 Å². The van der Waals surface area contributed by atoms with E-state index in [4.69, 9.17) is 23.2 Å². The molecule has 17 heavy (non-hydrogen) atoms. The van der Waals surface area contributed by atoms with Gasteiger partial charge in [0, 0.05) is 19.2 Å². The number of likely N-dealkylation sites (N-methyl/N-ethyl adjacent to an activating group) is 1. The van der Waals surface area contributed by atoms with E-state index in [0.717, 1.165) is 0 Å². The number of aliphatic hydroxyl groups is 1. The Morgan fingerprint density at radius 3 is 2.41 bits per heavy atom. The average molecular weight is 276 g/mol. The molecule has 0 fully saturated rings. The fourth-order valence-corrected chi connectivity index (χ4v) is 1.80. The van der Waals surface area contributed by atoms with Gasteiger partial charge in [0.15, 0.2) is 0 Å². The number of amides is 1. The lowest BCUT2D eigenvalue weighted by molar-refractivity contribution is 0.0368. The molecular formula is C12H15Cl2NO2. The van der Waals surface area contributed by atoms with Gasteiger partial charge in [0.05, 0.1) is 15.6 Å². The van der Waals surface area contributed by atoms with E-state index in [-0.39, 0.29) is 12.5 Å². The van der Waals surface area contributed by atoms with Crippen molar-refractivity contribution in [2.75, 3.05) is 13.6 Å². The Kier molecular flexibility index (Phi) is 4.42. The van der Waals surface area contributed by atoms with Crippen LogP contribution in [0.4, 0.5) is 0 Å². The number of benzene rings is 1. The first-order valence-electron chi connectivity index (χ1n) is 5.13. The highest BCUT2D eigenvalue weighted by Gasteiger charge is 2.20. The SMILES string of the molecule is CN(CC(C)(C)O)C(=O)c1ccc(Cl)c(Cl)c1. The van der Waals surface area contributed by atoms with Crippen molar-refractivity contribution in [1.82, 2.24) is 4.90 Å². The molecule has 0 spiro atoms. The molecule has 0 bridgehead atoms. The molecule has 0 heterocycles. The summed E-state index contributed by atoms with van der Waals surface area (Å²) in [5.41, 5.74) is -0.480. The maximum absolute atomic E-state index is 12.0. The van der Waals surface area contributed by atoms with Gasteiger partial charge in [0.1, 0.15) is 0 Å². The predicted octanol–water partition coefficient (Wildman–Crippen LogP) is 2.84. The molecule has 1 N–H and O–H groups in total. The molecule has 94 valence electrons. The lowest BCUT2D eigenvalue weighted by atomic mass is 10.1. The van der Waals surface area contributed by atoms with E-state index < -0.39 is 5.60 Å². The highest BCUT2D eigenvalue weighted by molar-refractivity contribution is 6.42. The van der Waals surface area contributed by atoms with Gasteiger partial charge in [-0.25, -0.2) is 0 Å². The van der Waals surface area contributed by atoms with Crippen LogP contribution in [0.1, 0.15) is 24.2 Å². The second-order valence-corrected chi connectivity index (χ2v) is 5.42. The van der Waals surface area contributed by atoms with E-state index in [1.807, 2.05) is 0 Å². The second-order valence-electron chi connectivity index (χ2n) is 4.60. The molecular weight excluding hydrogens is 261 g/mol. The van der Waals surface area contributed by atoms with E-state index in [2.05, 4.69) is 0 Å². The van der Waals surface area contributed by atoms with Crippen LogP contribution in [0, 0.1) is 0 Å². The molecule has 5 heteroatoms. The predicted molar refractivity (Wildman–Crippen MR) is 69.7 cm³/mol. The molecule has 1 rings (SSSR count). The third-order valence-electron chi connectivity index (χ3n) is 2.14. The maximum Gasteiger partial charge on any atom is 0.253 e. The summed E-state index contributed by atoms with van der Waals surface area (Å²) < 4.78 is 0. The summed E-state index contributed by atoms with van der Waals surface area (Å²) in [6, 6.07) is 4.71. The molecule has 0 aliphatic heterocycles. The lowest BCUT2D eigenvalue weighted by Crippen LogP contribution is -2.39. The Balaban J connectivity index is 2.85. The molecule has 0 radical (unpaired) electrons. The first-order chi connectivity index (χ1) is 7.70. The Hall–Kier alpha value is -0.770. The summed E-state index contributed by atoms with van der Waals surface area (Å²) in [5, 5.41) is 10.4. The van der Waals surface area contributed by atoms with Crippen molar-refractivity contribution in [1.29, 1.82) is 0 Å². The number of carbonyl (C=O) groups is 1. The molecule has 1 aromatic rings. The van der Waals surface area contributed by atoms with E-state index in [1.54, 1.807) is 33.0 Å². The molecule has 1 aromatic carbocycles. The number of halogens is 2. The summed E-state index contributed by atoms with van der Waals surface area (Å²) >= 11 is 11.6. The van der Waals surface area contributed by atoms with Crippen molar-refractivity contribution >= 4 is 29.1 Å². The smallest absolute Gasteiger partial charge is 0.253 e. The second kappa shape index (κ2) is 5.25. The Morgan fingerprint density at radius 1 is 1.35 bits per heavy atom. The normalized spacial score (nSPS) is 11.4. The van der Waals surface area contributed by atoms with Crippen molar-refractivity contribution < 1.29 is 9.90 Å². The third-order valence-corrected chi connectivity index (χ3v) is 2.88. The van der Waals surface area contributed by atoms with Gasteiger partial charge in [-0.05, 0) is 32.0 Å². The molecule has 0 aliphatic rings. The number of carbonyl (C=O) groups excluding carboxylic acids is 1. The third kappa shape index (κ3) is 4.19. The lowest BCUT2D eigenvalue weighted by Gasteiger charge is -2.25. The Labute approximate surface area is 111 Å². The fraction of sp³-hybridized carbons (Fsp3) is 0.417. The van der Waals surface area contributed by atoms with Crippen LogP contribution < -0.4 is 0 Å². The first-order valence-corrected chi connectivity index (χ1v) is 5.89. The molecule has 0 atom stereocenters. The zero-order chi connectivity index (χ0) is 13.2. The van der Waals surface area contributed by atoms with Crippen molar-refractivity contribution in [2.45, 2.75) is 19.4 Å². The van der Waals surface area contributed by atoms with Gasteiger partial charge >= 0.3 is 0 Å². The first kappa shape index (κ1) is 14.3. The van der Waals surface area contributed by atoms with Crippen LogP contribution in [0.25, 0.3) is 0 Å². The van der Waals surface area contributed by atoms with Gasteiger partial charge in [0.25, 0.3) is 5.91 Å².